The topological polar surface area (TPSA) is 50.3 Å². The van der Waals surface area contributed by atoms with Crippen LogP contribution in [0.2, 0.25) is 0 Å². The Morgan fingerprint density at radius 1 is 1.17 bits per heavy atom. The number of hydrogen-bond donors (Lipinski definition) is 0. The van der Waals surface area contributed by atoms with Gasteiger partial charge in [0.25, 0.3) is 0 Å². The van der Waals surface area contributed by atoms with Crippen molar-refractivity contribution in [2.45, 2.75) is 31.6 Å². The number of pyridine rings is 1. The van der Waals surface area contributed by atoms with Crippen LogP contribution in [0.3, 0.4) is 0 Å². The van der Waals surface area contributed by atoms with Crippen LogP contribution in [-0.4, -0.2) is 37.6 Å². The fourth-order valence-corrected chi connectivity index (χ4v) is 4.06. The summed E-state index contributed by atoms with van der Waals surface area (Å²) in [7, 11) is -3.03. The second-order valence-electron chi connectivity index (χ2n) is 6.67. The van der Waals surface area contributed by atoms with Gasteiger partial charge < -0.3 is 0 Å². The molecule has 1 fully saturated rings. The summed E-state index contributed by atoms with van der Waals surface area (Å²) in [5.41, 5.74) is 3.98. The van der Waals surface area contributed by atoms with Gasteiger partial charge in [-0.15, -0.1) is 0 Å². The van der Waals surface area contributed by atoms with Crippen molar-refractivity contribution in [3.05, 3.63) is 53.7 Å². The minimum Gasteiger partial charge on any atom is -0.297 e. The van der Waals surface area contributed by atoms with Crippen molar-refractivity contribution in [2.75, 3.05) is 19.3 Å². The summed E-state index contributed by atoms with van der Waals surface area (Å²) in [5.74, 6) is 0.0340. The molecule has 0 bridgehead atoms. The van der Waals surface area contributed by atoms with Crippen molar-refractivity contribution in [1.82, 2.24) is 9.88 Å². The molecule has 1 aromatic heterocycles. The van der Waals surface area contributed by atoms with Gasteiger partial charge in [-0.05, 0) is 56.1 Å². The molecule has 0 N–H and O–H groups in total. The van der Waals surface area contributed by atoms with E-state index in [0.29, 0.717) is 6.04 Å². The van der Waals surface area contributed by atoms with Crippen LogP contribution in [0.1, 0.15) is 36.9 Å². The average Bonchev–Trinajstić information content (AvgIpc) is 3.08. The molecule has 1 aliphatic rings. The van der Waals surface area contributed by atoms with Crippen LogP contribution in [0.4, 0.5) is 0 Å². The normalized spacial score (nSPS) is 17.1. The molecular weight excluding hydrogens is 320 g/mol. The van der Waals surface area contributed by atoms with E-state index in [-0.39, 0.29) is 5.75 Å². The molecule has 1 unspecified atom stereocenters. The van der Waals surface area contributed by atoms with Crippen LogP contribution in [0, 0.1) is 0 Å². The van der Waals surface area contributed by atoms with E-state index in [4.69, 9.17) is 0 Å². The zero-order chi connectivity index (χ0) is 17.2. The molecule has 128 valence electrons. The minimum atomic E-state index is -3.03. The Morgan fingerprint density at radius 3 is 2.54 bits per heavy atom. The maximum absolute atomic E-state index is 11.4. The number of nitrogens with zero attached hydrogens (tertiary/aromatic N) is 2. The van der Waals surface area contributed by atoms with Gasteiger partial charge >= 0.3 is 0 Å². The summed E-state index contributed by atoms with van der Waals surface area (Å²) in [5, 5.41) is 0. The van der Waals surface area contributed by atoms with Crippen molar-refractivity contribution in [3.8, 4) is 11.3 Å². The number of rotatable bonds is 5. The van der Waals surface area contributed by atoms with E-state index < -0.39 is 9.84 Å². The molecule has 1 aliphatic heterocycles. The highest BCUT2D eigenvalue weighted by molar-refractivity contribution is 7.89. The zero-order valence-electron chi connectivity index (χ0n) is 14.3. The lowest BCUT2D eigenvalue weighted by atomic mass is 10.0. The SMILES string of the molecule is CC(c1cccc(-c2ccc(CS(C)(=O)=O)cn2)c1)N1CCCC1. The van der Waals surface area contributed by atoms with Crippen LogP contribution in [0.5, 0.6) is 0 Å². The predicted octanol–water partition coefficient (Wildman–Crippen LogP) is 3.45. The molecule has 1 atom stereocenters. The molecule has 0 spiro atoms. The Kier molecular flexibility index (Phi) is 5.01. The Labute approximate surface area is 144 Å². The largest absolute Gasteiger partial charge is 0.297 e. The molecule has 5 heteroatoms. The van der Waals surface area contributed by atoms with Gasteiger partial charge in [-0.1, -0.05) is 24.3 Å². The molecular formula is C19H24N2O2S. The fraction of sp³-hybridized carbons (Fsp3) is 0.421. The average molecular weight is 344 g/mol. The highest BCUT2D eigenvalue weighted by atomic mass is 32.2. The molecule has 0 amide bonds. The van der Waals surface area contributed by atoms with E-state index in [1.807, 2.05) is 12.1 Å². The first-order valence-electron chi connectivity index (χ1n) is 8.39. The van der Waals surface area contributed by atoms with Gasteiger partial charge in [-0.25, -0.2) is 8.42 Å². The molecule has 3 rings (SSSR count). The standard InChI is InChI=1S/C19H24N2O2S/c1-15(21-10-3-4-11-21)17-6-5-7-18(12-17)19-9-8-16(13-20-19)14-24(2,22)23/h5-9,12-13,15H,3-4,10-11,14H2,1-2H3. The Bertz CT molecular complexity index is 794. The van der Waals surface area contributed by atoms with Gasteiger partial charge in [-0.3, -0.25) is 9.88 Å². The van der Waals surface area contributed by atoms with Crippen LogP contribution in [0.15, 0.2) is 42.6 Å². The summed E-state index contributed by atoms with van der Waals surface area (Å²) in [4.78, 5) is 6.97. The van der Waals surface area contributed by atoms with Crippen LogP contribution in [0.25, 0.3) is 11.3 Å². The van der Waals surface area contributed by atoms with Crippen LogP contribution >= 0.6 is 0 Å². The number of likely N-dealkylation sites (tertiary alicyclic amines) is 1. The lowest BCUT2D eigenvalue weighted by Crippen LogP contribution is -2.23. The smallest absolute Gasteiger partial charge is 0.151 e. The number of benzene rings is 1. The van der Waals surface area contributed by atoms with Gasteiger partial charge in [0.2, 0.25) is 0 Å². The van der Waals surface area contributed by atoms with E-state index >= 15 is 0 Å². The highest BCUT2D eigenvalue weighted by Crippen LogP contribution is 2.27. The van der Waals surface area contributed by atoms with Crippen molar-refractivity contribution < 1.29 is 8.42 Å². The summed E-state index contributed by atoms with van der Waals surface area (Å²) < 4.78 is 22.7. The van der Waals surface area contributed by atoms with E-state index in [1.54, 1.807) is 6.20 Å². The Morgan fingerprint density at radius 2 is 1.92 bits per heavy atom. The van der Waals surface area contributed by atoms with Crippen molar-refractivity contribution >= 4 is 9.84 Å². The molecule has 2 heterocycles. The van der Waals surface area contributed by atoms with Crippen molar-refractivity contribution in [3.63, 3.8) is 0 Å². The van der Waals surface area contributed by atoms with E-state index in [2.05, 4.69) is 41.1 Å². The fourth-order valence-electron chi connectivity index (χ4n) is 3.28. The molecule has 2 aromatic rings. The number of aromatic nitrogens is 1. The van der Waals surface area contributed by atoms with Crippen molar-refractivity contribution in [2.24, 2.45) is 0 Å². The summed E-state index contributed by atoms with van der Waals surface area (Å²) >= 11 is 0. The molecule has 0 radical (unpaired) electrons. The van der Waals surface area contributed by atoms with Crippen LogP contribution in [-0.2, 0) is 15.6 Å². The van der Waals surface area contributed by atoms with Gasteiger partial charge in [0.15, 0.2) is 9.84 Å². The van der Waals surface area contributed by atoms with Crippen LogP contribution < -0.4 is 0 Å². The van der Waals surface area contributed by atoms with E-state index in [1.165, 1.54) is 37.8 Å². The van der Waals surface area contributed by atoms with Gasteiger partial charge in [0.1, 0.15) is 0 Å². The van der Waals surface area contributed by atoms with E-state index in [0.717, 1.165) is 16.8 Å². The molecule has 4 nitrogen and oxygen atoms in total. The third kappa shape index (κ3) is 4.22. The predicted molar refractivity (Wildman–Crippen MR) is 97.4 cm³/mol. The van der Waals surface area contributed by atoms with E-state index in [9.17, 15) is 8.42 Å². The van der Waals surface area contributed by atoms with Gasteiger partial charge in [-0.2, -0.15) is 0 Å². The third-order valence-corrected chi connectivity index (χ3v) is 5.46. The lowest BCUT2D eigenvalue weighted by molar-refractivity contribution is 0.263. The number of sulfone groups is 1. The maximum atomic E-state index is 11.4. The minimum absolute atomic E-state index is 0.0340. The molecule has 0 aliphatic carbocycles. The van der Waals surface area contributed by atoms with Gasteiger partial charge in [0.05, 0.1) is 11.4 Å². The maximum Gasteiger partial charge on any atom is 0.151 e. The number of hydrogen-bond acceptors (Lipinski definition) is 4. The second kappa shape index (κ2) is 7.03. The second-order valence-corrected chi connectivity index (χ2v) is 8.81. The first-order valence-corrected chi connectivity index (χ1v) is 10.5. The van der Waals surface area contributed by atoms with Gasteiger partial charge in [0, 0.05) is 24.1 Å². The summed E-state index contributed by atoms with van der Waals surface area (Å²) in [6, 6.07) is 12.7. The first-order chi connectivity index (χ1) is 11.4. The summed E-state index contributed by atoms with van der Waals surface area (Å²) in [6.45, 7) is 4.60. The highest BCUT2D eigenvalue weighted by Gasteiger charge is 2.19. The molecule has 24 heavy (non-hydrogen) atoms. The monoisotopic (exact) mass is 344 g/mol. The third-order valence-electron chi connectivity index (χ3n) is 4.61. The Balaban J connectivity index is 1.80. The molecule has 1 aromatic carbocycles. The summed E-state index contributed by atoms with van der Waals surface area (Å²) in [6.07, 6.45) is 5.47. The Hall–Kier alpha value is -1.72. The molecule has 1 saturated heterocycles. The quantitative estimate of drug-likeness (QED) is 0.833. The van der Waals surface area contributed by atoms with Crippen molar-refractivity contribution in [1.29, 1.82) is 0 Å². The molecule has 0 saturated carbocycles. The zero-order valence-corrected chi connectivity index (χ0v) is 15.1. The lowest BCUT2D eigenvalue weighted by Gasteiger charge is -2.24. The first kappa shape index (κ1) is 17.1.